The summed E-state index contributed by atoms with van der Waals surface area (Å²) in [6.07, 6.45) is 4.79. The number of carbonyl (C=O) groups excluding carboxylic acids is 1. The smallest absolute Gasteiger partial charge is 0.316 e. The molecule has 2 aromatic rings. The highest BCUT2D eigenvalue weighted by Crippen LogP contribution is 2.22. The molecule has 1 aliphatic rings. The molecule has 1 aliphatic heterocycles. The third-order valence-corrected chi connectivity index (χ3v) is 5.08. The maximum Gasteiger partial charge on any atom is 0.316 e. The monoisotopic (exact) mass is 367 g/mol. The van der Waals surface area contributed by atoms with E-state index in [2.05, 4.69) is 40.5 Å². The Balaban J connectivity index is 1.29. The molecule has 1 saturated heterocycles. The Kier molecular flexibility index (Phi) is 7.11. The van der Waals surface area contributed by atoms with Crippen molar-refractivity contribution in [3.63, 3.8) is 0 Å². The van der Waals surface area contributed by atoms with Gasteiger partial charge in [-0.3, -0.25) is 0 Å². The van der Waals surface area contributed by atoms with Crippen LogP contribution in [-0.2, 0) is 6.42 Å². The largest absolute Gasteiger partial charge is 0.494 e. The van der Waals surface area contributed by atoms with Gasteiger partial charge in [-0.1, -0.05) is 30.3 Å². The van der Waals surface area contributed by atoms with Crippen molar-refractivity contribution in [1.82, 2.24) is 4.90 Å². The zero-order valence-electron chi connectivity index (χ0n) is 15.8. The summed E-state index contributed by atoms with van der Waals surface area (Å²) in [6.45, 7) is 4.15. The number of nitrogens with zero attached hydrogens (tertiary/aromatic N) is 1. The Morgan fingerprint density at radius 1 is 1.07 bits per heavy atom. The summed E-state index contributed by atoms with van der Waals surface area (Å²) in [5.41, 5.74) is 7.23. The van der Waals surface area contributed by atoms with E-state index in [1.54, 1.807) is 12.1 Å². The number of benzene rings is 2. The van der Waals surface area contributed by atoms with Crippen LogP contribution in [0.4, 0.5) is 10.5 Å². The molecular formula is C22H29N3O2. The molecular weight excluding hydrogens is 338 g/mol. The Morgan fingerprint density at radius 2 is 1.78 bits per heavy atom. The molecule has 27 heavy (non-hydrogen) atoms. The van der Waals surface area contributed by atoms with Crippen LogP contribution < -0.4 is 15.8 Å². The number of hydrogen-bond acceptors (Lipinski definition) is 3. The van der Waals surface area contributed by atoms with Gasteiger partial charge in [-0.25, -0.2) is 4.79 Å². The van der Waals surface area contributed by atoms with E-state index >= 15 is 0 Å². The number of ether oxygens (including phenoxy) is 1. The lowest BCUT2D eigenvalue weighted by atomic mass is 9.90. The summed E-state index contributed by atoms with van der Waals surface area (Å²) < 4.78 is 5.79. The average molecular weight is 367 g/mol. The van der Waals surface area contributed by atoms with Gasteiger partial charge < -0.3 is 20.7 Å². The van der Waals surface area contributed by atoms with Crippen LogP contribution in [0.2, 0.25) is 0 Å². The topological polar surface area (TPSA) is 67.6 Å². The molecule has 3 N–H and O–H groups in total. The second-order valence-corrected chi connectivity index (χ2v) is 7.19. The van der Waals surface area contributed by atoms with Gasteiger partial charge in [-0.05, 0) is 74.5 Å². The number of carbonyl (C=O) groups is 1. The van der Waals surface area contributed by atoms with E-state index in [1.807, 2.05) is 12.1 Å². The van der Waals surface area contributed by atoms with E-state index in [1.165, 1.54) is 37.9 Å². The molecule has 0 aromatic heterocycles. The maximum absolute atomic E-state index is 10.8. The Bertz CT molecular complexity index is 695. The summed E-state index contributed by atoms with van der Waals surface area (Å²) in [7, 11) is 0. The van der Waals surface area contributed by atoms with Crippen LogP contribution in [0, 0.1) is 5.92 Å². The number of rotatable bonds is 8. The van der Waals surface area contributed by atoms with Crippen molar-refractivity contribution in [2.45, 2.75) is 25.7 Å². The molecule has 5 heteroatoms. The van der Waals surface area contributed by atoms with E-state index in [0.717, 1.165) is 24.6 Å². The number of piperidine rings is 1. The first-order chi connectivity index (χ1) is 13.2. The van der Waals surface area contributed by atoms with Gasteiger partial charge >= 0.3 is 6.03 Å². The van der Waals surface area contributed by atoms with Gasteiger partial charge in [0.05, 0.1) is 6.61 Å². The highest BCUT2D eigenvalue weighted by Gasteiger charge is 2.19. The van der Waals surface area contributed by atoms with Crippen LogP contribution in [0.1, 0.15) is 24.8 Å². The van der Waals surface area contributed by atoms with Crippen molar-refractivity contribution < 1.29 is 9.53 Å². The molecule has 0 saturated carbocycles. The van der Waals surface area contributed by atoms with Crippen LogP contribution in [0.25, 0.3) is 0 Å². The SMILES string of the molecule is NC(=O)Nc1ccc(OCCCN2CCC(Cc3ccccc3)CC2)cc1. The quantitative estimate of drug-likeness (QED) is 0.695. The minimum Gasteiger partial charge on any atom is -0.494 e. The lowest BCUT2D eigenvalue weighted by Crippen LogP contribution is -2.35. The first-order valence-corrected chi connectivity index (χ1v) is 9.74. The van der Waals surface area contributed by atoms with Gasteiger partial charge in [0.2, 0.25) is 0 Å². The molecule has 0 spiro atoms. The number of hydrogen-bond donors (Lipinski definition) is 2. The van der Waals surface area contributed by atoms with Gasteiger partial charge in [0.25, 0.3) is 0 Å². The van der Waals surface area contributed by atoms with Gasteiger partial charge in [0, 0.05) is 12.2 Å². The molecule has 0 bridgehead atoms. The van der Waals surface area contributed by atoms with Crippen molar-refractivity contribution in [3.05, 3.63) is 60.2 Å². The lowest BCUT2D eigenvalue weighted by molar-refractivity contribution is 0.170. The van der Waals surface area contributed by atoms with Crippen molar-refractivity contribution in [1.29, 1.82) is 0 Å². The van der Waals surface area contributed by atoms with Gasteiger partial charge in [0.1, 0.15) is 5.75 Å². The summed E-state index contributed by atoms with van der Waals surface area (Å²) in [6, 6.07) is 17.5. The molecule has 1 heterocycles. The third-order valence-electron chi connectivity index (χ3n) is 5.08. The first kappa shape index (κ1) is 19.2. The Hall–Kier alpha value is -2.53. The highest BCUT2D eigenvalue weighted by molar-refractivity contribution is 5.87. The van der Waals surface area contributed by atoms with Crippen molar-refractivity contribution in [2.24, 2.45) is 11.7 Å². The molecule has 0 aliphatic carbocycles. The second-order valence-electron chi connectivity index (χ2n) is 7.19. The molecule has 0 radical (unpaired) electrons. The molecule has 144 valence electrons. The second kappa shape index (κ2) is 9.97. The summed E-state index contributed by atoms with van der Waals surface area (Å²) in [5.74, 6) is 1.62. The highest BCUT2D eigenvalue weighted by atomic mass is 16.5. The van der Waals surface area contributed by atoms with Gasteiger partial charge in [0.15, 0.2) is 0 Å². The van der Waals surface area contributed by atoms with E-state index in [9.17, 15) is 4.79 Å². The van der Waals surface area contributed by atoms with Crippen LogP contribution >= 0.6 is 0 Å². The molecule has 2 aromatic carbocycles. The zero-order chi connectivity index (χ0) is 18.9. The van der Waals surface area contributed by atoms with Gasteiger partial charge in [-0.2, -0.15) is 0 Å². The van der Waals surface area contributed by atoms with Gasteiger partial charge in [-0.15, -0.1) is 0 Å². The Labute approximate surface area is 161 Å². The van der Waals surface area contributed by atoms with Crippen molar-refractivity contribution in [2.75, 3.05) is 31.6 Å². The molecule has 0 atom stereocenters. The van der Waals surface area contributed by atoms with Crippen LogP contribution in [0.5, 0.6) is 5.75 Å². The van der Waals surface area contributed by atoms with E-state index in [4.69, 9.17) is 10.5 Å². The fraction of sp³-hybridized carbons (Fsp3) is 0.409. The fourth-order valence-corrected chi connectivity index (χ4v) is 3.62. The van der Waals surface area contributed by atoms with Crippen LogP contribution in [0.15, 0.2) is 54.6 Å². The standard InChI is InChI=1S/C22H29N3O2/c23-22(26)24-20-7-9-21(10-8-20)27-16-4-13-25-14-11-19(12-15-25)17-18-5-2-1-3-6-18/h1-3,5-10,19H,4,11-17H2,(H3,23,24,26). The minimum absolute atomic E-state index is 0.559. The minimum atomic E-state index is -0.559. The van der Waals surface area contributed by atoms with Crippen molar-refractivity contribution in [3.8, 4) is 5.75 Å². The zero-order valence-corrected chi connectivity index (χ0v) is 15.8. The molecule has 2 amide bonds. The molecule has 0 unspecified atom stereocenters. The average Bonchev–Trinajstić information content (AvgIpc) is 2.68. The van der Waals surface area contributed by atoms with Crippen LogP contribution in [-0.4, -0.2) is 37.2 Å². The number of nitrogens with two attached hydrogens (primary N) is 1. The van der Waals surface area contributed by atoms with Crippen LogP contribution in [0.3, 0.4) is 0 Å². The number of urea groups is 1. The first-order valence-electron chi connectivity index (χ1n) is 9.74. The summed E-state index contributed by atoms with van der Waals surface area (Å²) in [4.78, 5) is 13.3. The van der Waals surface area contributed by atoms with E-state index in [0.29, 0.717) is 12.3 Å². The number of anilines is 1. The number of primary amides is 1. The molecule has 3 rings (SSSR count). The third kappa shape index (κ3) is 6.61. The molecule has 5 nitrogen and oxygen atoms in total. The normalized spacial score (nSPS) is 15.4. The maximum atomic E-state index is 10.8. The molecule has 1 fully saturated rings. The predicted octanol–water partition coefficient (Wildman–Crippen LogP) is 3.90. The fourth-order valence-electron chi connectivity index (χ4n) is 3.62. The predicted molar refractivity (Wildman–Crippen MR) is 109 cm³/mol. The van der Waals surface area contributed by atoms with Crippen molar-refractivity contribution >= 4 is 11.7 Å². The van der Waals surface area contributed by atoms with E-state index < -0.39 is 6.03 Å². The number of nitrogens with one attached hydrogen (secondary N) is 1. The number of amides is 2. The number of likely N-dealkylation sites (tertiary alicyclic amines) is 1. The lowest BCUT2D eigenvalue weighted by Gasteiger charge is -2.32. The van der Waals surface area contributed by atoms with E-state index in [-0.39, 0.29) is 0 Å². The summed E-state index contributed by atoms with van der Waals surface area (Å²) >= 11 is 0. The Morgan fingerprint density at radius 3 is 2.44 bits per heavy atom. The summed E-state index contributed by atoms with van der Waals surface area (Å²) in [5, 5.41) is 2.54.